The van der Waals surface area contributed by atoms with Crippen molar-refractivity contribution in [2.45, 2.75) is 38.1 Å². The Morgan fingerprint density at radius 2 is 2.00 bits per heavy atom. The maximum absolute atomic E-state index is 12.1. The number of likely N-dealkylation sites (N-methyl/N-ethyl adjacent to an activating group) is 1. The molecular formula is C16H21BrN2O2. The van der Waals surface area contributed by atoms with E-state index in [9.17, 15) is 9.59 Å². The zero-order valence-corrected chi connectivity index (χ0v) is 13.9. The van der Waals surface area contributed by atoms with Crippen molar-refractivity contribution in [2.75, 3.05) is 13.6 Å². The largest absolute Gasteiger partial charge is 0.343 e. The zero-order chi connectivity index (χ0) is 15.2. The Kier molecular flexibility index (Phi) is 5.79. The van der Waals surface area contributed by atoms with Gasteiger partial charge in [0.05, 0.1) is 6.54 Å². The molecule has 0 aliphatic heterocycles. The first kappa shape index (κ1) is 16.0. The van der Waals surface area contributed by atoms with Gasteiger partial charge in [0.15, 0.2) is 0 Å². The Labute approximate surface area is 134 Å². The highest BCUT2D eigenvalue weighted by Gasteiger charge is 2.22. The van der Waals surface area contributed by atoms with E-state index in [-0.39, 0.29) is 18.4 Å². The van der Waals surface area contributed by atoms with Gasteiger partial charge in [-0.1, -0.05) is 41.3 Å². The SMILES string of the molecule is CN(C(=O)CNC(=O)c1cccc(Br)c1)C1CCCCC1. The molecule has 0 aromatic heterocycles. The maximum Gasteiger partial charge on any atom is 0.251 e. The molecule has 0 atom stereocenters. The minimum atomic E-state index is -0.221. The van der Waals surface area contributed by atoms with E-state index in [1.165, 1.54) is 19.3 Å². The number of hydrogen-bond acceptors (Lipinski definition) is 2. The van der Waals surface area contributed by atoms with E-state index in [0.717, 1.165) is 17.3 Å². The second kappa shape index (κ2) is 7.59. The van der Waals surface area contributed by atoms with Crippen LogP contribution in [-0.2, 0) is 4.79 Å². The monoisotopic (exact) mass is 352 g/mol. The van der Waals surface area contributed by atoms with Crippen molar-refractivity contribution < 1.29 is 9.59 Å². The summed E-state index contributed by atoms with van der Waals surface area (Å²) >= 11 is 3.33. The molecule has 1 aliphatic carbocycles. The smallest absolute Gasteiger partial charge is 0.251 e. The number of benzene rings is 1. The summed E-state index contributed by atoms with van der Waals surface area (Å²) in [5, 5.41) is 2.69. The first-order valence-corrected chi connectivity index (χ1v) is 8.16. The predicted octanol–water partition coefficient (Wildman–Crippen LogP) is 2.97. The molecule has 0 unspecified atom stereocenters. The van der Waals surface area contributed by atoms with Gasteiger partial charge < -0.3 is 10.2 Å². The maximum atomic E-state index is 12.1. The summed E-state index contributed by atoms with van der Waals surface area (Å²) in [6, 6.07) is 7.46. The van der Waals surface area contributed by atoms with Crippen molar-refractivity contribution in [2.24, 2.45) is 0 Å². The number of carbonyl (C=O) groups is 2. The molecule has 5 heteroatoms. The zero-order valence-electron chi connectivity index (χ0n) is 12.3. The summed E-state index contributed by atoms with van der Waals surface area (Å²) in [5.41, 5.74) is 0.553. The lowest BCUT2D eigenvalue weighted by Crippen LogP contribution is -2.44. The minimum Gasteiger partial charge on any atom is -0.343 e. The Hall–Kier alpha value is -1.36. The Morgan fingerprint density at radius 1 is 1.29 bits per heavy atom. The molecular weight excluding hydrogens is 332 g/mol. The fourth-order valence-electron chi connectivity index (χ4n) is 2.68. The van der Waals surface area contributed by atoms with Crippen LogP contribution >= 0.6 is 15.9 Å². The van der Waals surface area contributed by atoms with Gasteiger partial charge in [-0.15, -0.1) is 0 Å². The quantitative estimate of drug-likeness (QED) is 0.905. The van der Waals surface area contributed by atoms with Gasteiger partial charge >= 0.3 is 0 Å². The third-order valence-electron chi connectivity index (χ3n) is 4.00. The molecule has 114 valence electrons. The molecule has 21 heavy (non-hydrogen) atoms. The molecule has 0 saturated heterocycles. The van der Waals surface area contributed by atoms with Gasteiger partial charge in [-0.25, -0.2) is 0 Å². The van der Waals surface area contributed by atoms with E-state index in [1.54, 1.807) is 23.1 Å². The molecule has 1 saturated carbocycles. The minimum absolute atomic E-state index is 0.0229. The van der Waals surface area contributed by atoms with Gasteiger partial charge in [0.25, 0.3) is 5.91 Å². The highest BCUT2D eigenvalue weighted by Crippen LogP contribution is 2.21. The van der Waals surface area contributed by atoms with Crippen molar-refractivity contribution in [3.63, 3.8) is 0 Å². The second-order valence-corrected chi connectivity index (χ2v) is 6.41. The number of carbonyl (C=O) groups excluding carboxylic acids is 2. The molecule has 0 heterocycles. The van der Waals surface area contributed by atoms with E-state index in [0.29, 0.717) is 11.6 Å². The van der Waals surface area contributed by atoms with Crippen LogP contribution in [-0.4, -0.2) is 36.3 Å². The van der Waals surface area contributed by atoms with Crippen molar-refractivity contribution in [3.05, 3.63) is 34.3 Å². The van der Waals surface area contributed by atoms with Crippen LogP contribution in [0.15, 0.2) is 28.7 Å². The van der Waals surface area contributed by atoms with E-state index < -0.39 is 0 Å². The summed E-state index contributed by atoms with van der Waals surface area (Å²) in [6.45, 7) is 0.0539. The predicted molar refractivity (Wildman–Crippen MR) is 86.1 cm³/mol. The third kappa shape index (κ3) is 4.56. The van der Waals surface area contributed by atoms with Crippen LogP contribution in [0.25, 0.3) is 0 Å². The van der Waals surface area contributed by atoms with Crippen molar-refractivity contribution >= 4 is 27.7 Å². The molecule has 1 fully saturated rings. The second-order valence-electron chi connectivity index (χ2n) is 5.49. The summed E-state index contributed by atoms with van der Waals surface area (Å²) in [6.07, 6.45) is 5.78. The Bertz CT molecular complexity index is 513. The van der Waals surface area contributed by atoms with E-state index in [4.69, 9.17) is 0 Å². The summed E-state index contributed by atoms with van der Waals surface area (Å²) in [7, 11) is 1.84. The van der Waals surface area contributed by atoms with Crippen LogP contribution in [0, 0.1) is 0 Å². The van der Waals surface area contributed by atoms with Crippen LogP contribution in [0.3, 0.4) is 0 Å². The van der Waals surface area contributed by atoms with E-state index >= 15 is 0 Å². The van der Waals surface area contributed by atoms with Gasteiger partial charge in [-0.3, -0.25) is 9.59 Å². The number of amides is 2. The fraction of sp³-hybridized carbons (Fsp3) is 0.500. The van der Waals surface area contributed by atoms with Crippen molar-refractivity contribution in [1.29, 1.82) is 0 Å². The molecule has 0 spiro atoms. The van der Waals surface area contributed by atoms with Crippen LogP contribution in [0.2, 0.25) is 0 Å². The summed E-state index contributed by atoms with van der Waals surface area (Å²) < 4.78 is 0.848. The highest BCUT2D eigenvalue weighted by atomic mass is 79.9. The number of hydrogen-bond donors (Lipinski definition) is 1. The fourth-order valence-corrected chi connectivity index (χ4v) is 3.08. The first-order valence-electron chi connectivity index (χ1n) is 7.37. The highest BCUT2D eigenvalue weighted by molar-refractivity contribution is 9.10. The number of nitrogens with zero attached hydrogens (tertiary/aromatic N) is 1. The van der Waals surface area contributed by atoms with Crippen LogP contribution in [0.4, 0.5) is 0 Å². The lowest BCUT2D eigenvalue weighted by molar-refractivity contribution is -0.131. The molecule has 1 aromatic rings. The molecule has 1 N–H and O–H groups in total. The standard InChI is InChI=1S/C16H21BrN2O2/c1-19(14-8-3-2-4-9-14)15(20)11-18-16(21)12-6-5-7-13(17)10-12/h5-7,10,14H,2-4,8-9,11H2,1H3,(H,18,21). The molecule has 1 aliphatic rings. The first-order chi connectivity index (χ1) is 10.1. The van der Waals surface area contributed by atoms with Gasteiger partial charge in [0, 0.05) is 23.1 Å². The van der Waals surface area contributed by atoms with Gasteiger partial charge in [0.1, 0.15) is 0 Å². The molecule has 2 amide bonds. The average molecular weight is 353 g/mol. The molecule has 0 bridgehead atoms. The molecule has 1 aromatic carbocycles. The number of nitrogens with one attached hydrogen (secondary N) is 1. The molecule has 4 nitrogen and oxygen atoms in total. The molecule has 0 radical (unpaired) electrons. The van der Waals surface area contributed by atoms with Crippen LogP contribution < -0.4 is 5.32 Å². The lowest BCUT2D eigenvalue weighted by atomic mass is 9.94. The van der Waals surface area contributed by atoms with E-state index in [2.05, 4.69) is 21.2 Å². The van der Waals surface area contributed by atoms with Gasteiger partial charge in [-0.2, -0.15) is 0 Å². The van der Waals surface area contributed by atoms with Crippen molar-refractivity contribution in [3.8, 4) is 0 Å². The normalized spacial score (nSPS) is 15.5. The molecule has 2 rings (SSSR count). The van der Waals surface area contributed by atoms with Crippen LogP contribution in [0.5, 0.6) is 0 Å². The Balaban J connectivity index is 1.84. The topological polar surface area (TPSA) is 49.4 Å². The summed E-state index contributed by atoms with van der Waals surface area (Å²) in [5.74, 6) is -0.244. The van der Waals surface area contributed by atoms with Crippen molar-refractivity contribution in [1.82, 2.24) is 10.2 Å². The van der Waals surface area contributed by atoms with Gasteiger partial charge in [0.2, 0.25) is 5.91 Å². The average Bonchev–Trinajstić information content (AvgIpc) is 2.52. The third-order valence-corrected chi connectivity index (χ3v) is 4.50. The van der Waals surface area contributed by atoms with Gasteiger partial charge in [-0.05, 0) is 31.0 Å². The van der Waals surface area contributed by atoms with E-state index in [1.807, 2.05) is 13.1 Å². The Morgan fingerprint density at radius 3 is 2.67 bits per heavy atom. The number of halogens is 1. The lowest BCUT2D eigenvalue weighted by Gasteiger charge is -2.31. The summed E-state index contributed by atoms with van der Waals surface area (Å²) in [4.78, 5) is 25.9. The van der Waals surface area contributed by atoms with Crippen LogP contribution in [0.1, 0.15) is 42.5 Å². The number of rotatable bonds is 4.